The van der Waals surface area contributed by atoms with Crippen LogP contribution in [0.2, 0.25) is 0 Å². The lowest BCUT2D eigenvalue weighted by molar-refractivity contribution is 0.0599. The number of carbonyl (C=O) groups excluding carboxylic acids is 2. The van der Waals surface area contributed by atoms with E-state index in [2.05, 4.69) is 9.73 Å². The molecule has 12 heteroatoms. The highest BCUT2D eigenvalue weighted by Gasteiger charge is 2.24. The normalized spacial score (nSPS) is 11.6. The molecule has 0 aliphatic carbocycles. The molecule has 2 aromatic rings. The maximum absolute atomic E-state index is 12.0. The van der Waals surface area contributed by atoms with Crippen LogP contribution in [0.15, 0.2) is 39.0 Å². The zero-order valence-corrected chi connectivity index (χ0v) is 24.9. The number of sulfone groups is 2. The van der Waals surface area contributed by atoms with Crippen LogP contribution >= 0.6 is 0 Å². The third-order valence-electron chi connectivity index (χ3n) is 5.72. The molecule has 4 N–H and O–H groups in total. The minimum absolute atomic E-state index is 0.0191. The molecule has 0 aliphatic rings. The smallest absolute Gasteiger partial charge is 0.338 e. The van der Waals surface area contributed by atoms with Crippen molar-refractivity contribution in [3.05, 3.63) is 57.6 Å². The fourth-order valence-corrected chi connectivity index (χ4v) is 6.86. The van der Waals surface area contributed by atoms with Gasteiger partial charge in [0.1, 0.15) is 0 Å². The molecule has 0 saturated heterocycles. The Bertz CT molecular complexity index is 1470. The molecule has 10 nitrogen and oxygen atoms in total. The van der Waals surface area contributed by atoms with E-state index in [1.54, 1.807) is 38.1 Å². The summed E-state index contributed by atoms with van der Waals surface area (Å²) >= 11 is 0. The maximum atomic E-state index is 12.0. The summed E-state index contributed by atoms with van der Waals surface area (Å²) in [6.07, 6.45) is 2.28. The summed E-state index contributed by atoms with van der Waals surface area (Å²) in [4.78, 5) is 27.3. The number of ether oxygens (including phenoxy) is 1. The van der Waals surface area contributed by atoms with Gasteiger partial charge in [-0.25, -0.2) is 21.6 Å². The van der Waals surface area contributed by atoms with E-state index in [9.17, 15) is 26.4 Å². The Kier molecular flexibility index (Phi) is 10.8. The number of esters is 1. The van der Waals surface area contributed by atoms with E-state index < -0.39 is 31.6 Å². The van der Waals surface area contributed by atoms with Crippen molar-refractivity contribution in [3.8, 4) is 0 Å². The lowest BCUT2D eigenvalue weighted by Gasteiger charge is -2.16. The first kappa shape index (κ1) is 32.8. The highest BCUT2D eigenvalue weighted by molar-refractivity contribution is 7.91. The van der Waals surface area contributed by atoms with Crippen molar-refractivity contribution in [2.75, 3.05) is 19.6 Å². The molecule has 0 spiro atoms. The first-order valence-corrected chi connectivity index (χ1v) is 15.4. The quantitative estimate of drug-likeness (QED) is 0.301. The number of hydrogen-bond acceptors (Lipinski definition) is 7. The summed E-state index contributed by atoms with van der Waals surface area (Å²) in [5, 5.41) is 0. The monoisotopic (exact) mass is 567 g/mol. The third kappa shape index (κ3) is 7.87. The van der Waals surface area contributed by atoms with Gasteiger partial charge in [0.2, 0.25) is 0 Å². The standard InChI is InChI=1S/C13H19N3O3S.C13H18O4S/c1-7(2)9-5-6-10(12(17)16-13(14)15)8(3)11(9)20(4,18)19;1-8(2)10-6-7-11(13(14)17-4)9(3)12(10)18(5,15)16/h5-7H,1-4H3,(H4,14,15,16,17);6-8H,1-5H3. The fraction of sp³-hybridized carbons (Fsp3) is 0.423. The van der Waals surface area contributed by atoms with Crippen LogP contribution in [-0.4, -0.2) is 54.3 Å². The summed E-state index contributed by atoms with van der Waals surface area (Å²) in [5.41, 5.74) is 13.0. The lowest BCUT2D eigenvalue weighted by Crippen LogP contribution is -2.24. The summed E-state index contributed by atoms with van der Waals surface area (Å²) < 4.78 is 52.4. The van der Waals surface area contributed by atoms with Crippen molar-refractivity contribution in [1.82, 2.24) is 0 Å². The fourth-order valence-electron chi connectivity index (χ4n) is 4.06. The molecular weight excluding hydrogens is 530 g/mol. The Morgan fingerprint density at radius 3 is 1.45 bits per heavy atom. The van der Waals surface area contributed by atoms with Gasteiger partial charge >= 0.3 is 5.97 Å². The summed E-state index contributed by atoms with van der Waals surface area (Å²) in [6.45, 7) is 10.8. The van der Waals surface area contributed by atoms with Gasteiger partial charge in [0, 0.05) is 18.1 Å². The number of rotatable bonds is 6. The van der Waals surface area contributed by atoms with Gasteiger partial charge in [-0.1, -0.05) is 39.8 Å². The van der Waals surface area contributed by atoms with E-state index in [1.807, 2.05) is 27.7 Å². The van der Waals surface area contributed by atoms with Gasteiger partial charge in [0.15, 0.2) is 25.6 Å². The van der Waals surface area contributed by atoms with Crippen molar-refractivity contribution >= 4 is 37.5 Å². The number of amides is 1. The predicted octanol–water partition coefficient (Wildman–Crippen LogP) is 3.24. The van der Waals surface area contributed by atoms with E-state index in [0.717, 1.165) is 18.1 Å². The number of benzene rings is 2. The maximum Gasteiger partial charge on any atom is 0.338 e. The number of methoxy groups -OCH3 is 1. The summed E-state index contributed by atoms with van der Waals surface area (Å²) in [7, 11) is -5.56. The molecule has 2 rings (SSSR count). The minimum atomic E-state index is -3.46. The summed E-state index contributed by atoms with van der Waals surface area (Å²) in [5.74, 6) is -1.44. The molecule has 2 aromatic carbocycles. The Hall–Kier alpha value is -3.25. The first-order chi connectivity index (χ1) is 17.2. The van der Waals surface area contributed by atoms with Gasteiger partial charge in [0.25, 0.3) is 5.91 Å². The van der Waals surface area contributed by atoms with Gasteiger partial charge in [-0.3, -0.25) is 4.79 Å². The molecule has 1 amide bonds. The molecule has 0 bridgehead atoms. The van der Waals surface area contributed by atoms with Gasteiger partial charge in [-0.15, -0.1) is 0 Å². The van der Waals surface area contributed by atoms with Crippen LogP contribution in [0.3, 0.4) is 0 Å². The van der Waals surface area contributed by atoms with Crippen LogP contribution in [-0.2, 0) is 24.4 Å². The molecule has 0 heterocycles. The number of carbonyl (C=O) groups is 2. The van der Waals surface area contributed by atoms with Crippen molar-refractivity contribution in [2.45, 2.75) is 63.2 Å². The Labute approximate surface area is 225 Å². The molecule has 0 aliphatic heterocycles. The second kappa shape index (κ2) is 12.5. The average molecular weight is 568 g/mol. The van der Waals surface area contributed by atoms with Gasteiger partial charge in [0.05, 0.1) is 22.5 Å². The Balaban J connectivity index is 0.000000382. The number of aliphatic imine (C=N–C) groups is 1. The lowest BCUT2D eigenvalue weighted by atomic mass is 9.97. The van der Waals surface area contributed by atoms with Crippen molar-refractivity contribution in [3.63, 3.8) is 0 Å². The highest BCUT2D eigenvalue weighted by atomic mass is 32.2. The zero-order chi connectivity index (χ0) is 29.7. The van der Waals surface area contributed by atoms with Crippen LogP contribution in [0.1, 0.15) is 82.5 Å². The van der Waals surface area contributed by atoms with Crippen LogP contribution in [0.5, 0.6) is 0 Å². The minimum Gasteiger partial charge on any atom is -0.465 e. The number of nitrogens with two attached hydrogens (primary N) is 2. The largest absolute Gasteiger partial charge is 0.465 e. The number of nitrogens with zero attached hydrogens (tertiary/aromatic N) is 1. The topological polar surface area (TPSA) is 176 Å². The SMILES string of the molecule is COC(=O)c1ccc(C(C)C)c(S(C)(=O)=O)c1C.Cc1c(C(=O)N=C(N)N)ccc(C(C)C)c1S(C)(=O)=O. The van der Waals surface area contributed by atoms with Crippen LogP contribution in [0, 0.1) is 13.8 Å². The summed E-state index contributed by atoms with van der Waals surface area (Å²) in [6, 6.07) is 6.48. The second-order valence-electron chi connectivity index (χ2n) is 9.50. The Morgan fingerprint density at radius 1 is 0.763 bits per heavy atom. The molecule has 210 valence electrons. The van der Waals surface area contributed by atoms with E-state index in [4.69, 9.17) is 11.5 Å². The van der Waals surface area contributed by atoms with Crippen LogP contribution < -0.4 is 11.5 Å². The van der Waals surface area contributed by atoms with E-state index >= 15 is 0 Å². The second-order valence-corrected chi connectivity index (χ2v) is 13.4. The highest BCUT2D eigenvalue weighted by Crippen LogP contribution is 2.30. The van der Waals surface area contributed by atoms with E-state index in [0.29, 0.717) is 22.3 Å². The average Bonchev–Trinajstić information content (AvgIpc) is 2.75. The third-order valence-corrected chi connectivity index (χ3v) is 8.29. The number of guanidine groups is 1. The van der Waals surface area contributed by atoms with Crippen molar-refractivity contribution in [1.29, 1.82) is 0 Å². The molecule has 0 radical (unpaired) electrons. The van der Waals surface area contributed by atoms with E-state index in [-0.39, 0.29) is 33.1 Å². The molecule has 0 atom stereocenters. The first-order valence-electron chi connectivity index (χ1n) is 11.6. The van der Waals surface area contributed by atoms with Gasteiger partial charge in [-0.2, -0.15) is 4.99 Å². The van der Waals surface area contributed by atoms with Crippen molar-refractivity contribution in [2.24, 2.45) is 16.5 Å². The molecule has 0 fully saturated rings. The zero-order valence-electron chi connectivity index (χ0n) is 23.2. The Morgan fingerprint density at radius 2 is 1.13 bits per heavy atom. The molecular formula is C26H37N3O7S2. The van der Waals surface area contributed by atoms with Gasteiger partial charge in [-0.05, 0) is 60.1 Å². The van der Waals surface area contributed by atoms with Gasteiger partial charge < -0.3 is 16.2 Å². The number of hydrogen-bond donors (Lipinski definition) is 2. The van der Waals surface area contributed by atoms with E-state index in [1.165, 1.54) is 7.11 Å². The molecule has 0 saturated carbocycles. The molecule has 0 unspecified atom stereocenters. The molecule has 38 heavy (non-hydrogen) atoms. The van der Waals surface area contributed by atoms with Crippen LogP contribution in [0.25, 0.3) is 0 Å². The van der Waals surface area contributed by atoms with Crippen LogP contribution in [0.4, 0.5) is 0 Å². The predicted molar refractivity (Wildman–Crippen MR) is 148 cm³/mol. The molecule has 0 aromatic heterocycles. The van der Waals surface area contributed by atoms with Crippen molar-refractivity contribution < 1.29 is 31.2 Å².